The zero-order chi connectivity index (χ0) is 26.0. The van der Waals surface area contributed by atoms with E-state index in [-0.39, 0.29) is 23.1 Å². The van der Waals surface area contributed by atoms with Crippen molar-refractivity contribution in [1.82, 2.24) is 20.3 Å². The topological polar surface area (TPSA) is 118 Å². The number of halogens is 1. The quantitative estimate of drug-likeness (QED) is 0.389. The van der Waals surface area contributed by atoms with Gasteiger partial charge in [-0.15, -0.1) is 0 Å². The first-order valence-electron chi connectivity index (χ1n) is 12.4. The van der Waals surface area contributed by atoms with E-state index in [9.17, 15) is 14.0 Å². The third-order valence-electron chi connectivity index (χ3n) is 6.82. The lowest BCUT2D eigenvalue weighted by Gasteiger charge is -2.15. The first kappa shape index (κ1) is 24.8. The lowest BCUT2D eigenvalue weighted by Crippen LogP contribution is -2.32. The number of hydrogen-bond donors (Lipinski definition) is 3. The van der Waals surface area contributed by atoms with E-state index < -0.39 is 11.8 Å². The Labute approximate surface area is 214 Å². The number of urea groups is 1. The van der Waals surface area contributed by atoms with Gasteiger partial charge in [0, 0.05) is 43.1 Å². The minimum absolute atomic E-state index is 0.0314. The van der Waals surface area contributed by atoms with Crippen molar-refractivity contribution in [3.8, 4) is 22.6 Å². The summed E-state index contributed by atoms with van der Waals surface area (Å²) in [7, 11) is 1.68. The molecule has 0 spiro atoms. The number of pyridine rings is 1. The molecule has 0 aliphatic heterocycles. The maximum absolute atomic E-state index is 14.7. The molecule has 0 atom stereocenters. The van der Waals surface area contributed by atoms with E-state index in [0.717, 1.165) is 25.7 Å². The Morgan fingerprint density at radius 1 is 1.11 bits per heavy atom. The van der Waals surface area contributed by atoms with E-state index in [2.05, 4.69) is 30.9 Å². The summed E-state index contributed by atoms with van der Waals surface area (Å²) in [6.45, 7) is 2.21. The van der Waals surface area contributed by atoms with E-state index in [1.54, 1.807) is 50.7 Å². The van der Waals surface area contributed by atoms with Crippen molar-refractivity contribution >= 4 is 23.4 Å². The first-order valence-corrected chi connectivity index (χ1v) is 12.4. The summed E-state index contributed by atoms with van der Waals surface area (Å²) in [6, 6.07) is 7.67. The average molecular weight is 505 g/mol. The van der Waals surface area contributed by atoms with Gasteiger partial charge in [-0.2, -0.15) is 0 Å². The van der Waals surface area contributed by atoms with Gasteiger partial charge in [-0.25, -0.2) is 24.1 Å². The van der Waals surface area contributed by atoms with Crippen molar-refractivity contribution in [3.05, 3.63) is 54.1 Å². The maximum Gasteiger partial charge on any atom is 0.319 e. The first-order chi connectivity index (χ1) is 17.9. The maximum atomic E-state index is 14.7. The SMILES string of the molecule is COC1(CCNC(=O)Nc2cc(-c3ccnc(-c4ccnc(NC(=O)C5CC5)c4)n3)c(C)cc2F)CC1. The molecule has 3 N–H and O–H groups in total. The van der Waals surface area contributed by atoms with Crippen LogP contribution in [0.3, 0.4) is 0 Å². The van der Waals surface area contributed by atoms with Crippen LogP contribution in [-0.2, 0) is 9.53 Å². The Balaban J connectivity index is 1.32. The van der Waals surface area contributed by atoms with Crippen LogP contribution in [0.5, 0.6) is 0 Å². The minimum atomic E-state index is -0.536. The molecule has 9 nitrogen and oxygen atoms in total. The number of nitrogens with one attached hydrogen (secondary N) is 3. The van der Waals surface area contributed by atoms with Gasteiger partial charge in [0.15, 0.2) is 5.82 Å². The van der Waals surface area contributed by atoms with Crippen molar-refractivity contribution in [1.29, 1.82) is 0 Å². The van der Waals surface area contributed by atoms with Gasteiger partial charge in [-0.3, -0.25) is 4.79 Å². The minimum Gasteiger partial charge on any atom is -0.378 e. The van der Waals surface area contributed by atoms with Gasteiger partial charge in [0.1, 0.15) is 11.6 Å². The number of rotatable bonds is 9. The third kappa shape index (κ3) is 5.91. The Bertz CT molecular complexity index is 1340. The van der Waals surface area contributed by atoms with E-state index >= 15 is 0 Å². The molecule has 2 aliphatic carbocycles. The highest BCUT2D eigenvalue weighted by Gasteiger charge is 2.42. The van der Waals surface area contributed by atoms with Gasteiger partial charge in [0.25, 0.3) is 0 Å². The highest BCUT2D eigenvalue weighted by atomic mass is 19.1. The summed E-state index contributed by atoms with van der Waals surface area (Å²) in [4.78, 5) is 37.8. The summed E-state index contributed by atoms with van der Waals surface area (Å²) in [5.41, 5.74) is 2.51. The third-order valence-corrected chi connectivity index (χ3v) is 6.82. The second kappa shape index (κ2) is 10.2. The molecule has 3 aromatic rings. The summed E-state index contributed by atoms with van der Waals surface area (Å²) >= 11 is 0. The highest BCUT2D eigenvalue weighted by molar-refractivity contribution is 5.93. The molecule has 3 amide bonds. The number of aromatic nitrogens is 3. The normalized spacial score (nSPS) is 15.6. The number of hydrogen-bond acceptors (Lipinski definition) is 6. The fourth-order valence-electron chi connectivity index (χ4n) is 4.17. The molecule has 5 rings (SSSR count). The molecular formula is C27H29FN6O3. The monoisotopic (exact) mass is 504 g/mol. The van der Waals surface area contributed by atoms with Crippen LogP contribution >= 0.6 is 0 Å². The number of aryl methyl sites for hydroxylation is 1. The van der Waals surface area contributed by atoms with Crippen LogP contribution in [0.25, 0.3) is 22.6 Å². The molecule has 2 fully saturated rings. The average Bonchev–Trinajstić information content (AvgIpc) is 3.81. The Morgan fingerprint density at radius 3 is 2.62 bits per heavy atom. The smallest absolute Gasteiger partial charge is 0.319 e. The second-order valence-corrected chi connectivity index (χ2v) is 9.62. The lowest BCUT2D eigenvalue weighted by atomic mass is 10.0. The van der Waals surface area contributed by atoms with Crippen LogP contribution in [0.2, 0.25) is 0 Å². The molecule has 2 saturated carbocycles. The molecule has 10 heteroatoms. The van der Waals surface area contributed by atoms with Crippen LogP contribution in [0.15, 0.2) is 42.7 Å². The molecule has 37 heavy (non-hydrogen) atoms. The number of carbonyl (C=O) groups is 2. The van der Waals surface area contributed by atoms with Crippen molar-refractivity contribution in [3.63, 3.8) is 0 Å². The molecule has 0 bridgehead atoms. The van der Waals surface area contributed by atoms with Crippen LogP contribution in [0.4, 0.5) is 20.7 Å². The summed E-state index contributed by atoms with van der Waals surface area (Å²) < 4.78 is 20.2. The van der Waals surface area contributed by atoms with E-state index in [0.29, 0.717) is 47.0 Å². The Kier molecular flexibility index (Phi) is 6.84. The molecule has 0 unspecified atom stereocenters. The molecular weight excluding hydrogens is 475 g/mol. The fourth-order valence-corrected chi connectivity index (χ4v) is 4.17. The number of amides is 3. The Hall–Kier alpha value is -3.92. The van der Waals surface area contributed by atoms with Gasteiger partial charge in [-0.05, 0) is 74.9 Å². The van der Waals surface area contributed by atoms with Gasteiger partial charge in [-0.1, -0.05) is 0 Å². The predicted molar refractivity (Wildman–Crippen MR) is 137 cm³/mol. The van der Waals surface area contributed by atoms with Gasteiger partial charge in [0.05, 0.1) is 17.0 Å². The number of carbonyl (C=O) groups excluding carboxylic acids is 2. The summed E-state index contributed by atoms with van der Waals surface area (Å²) in [5.74, 6) is 0.376. The number of benzene rings is 1. The number of methoxy groups -OCH3 is 1. The summed E-state index contributed by atoms with van der Waals surface area (Å²) in [5, 5.41) is 8.20. The number of nitrogens with zero attached hydrogens (tertiary/aromatic N) is 3. The van der Waals surface area contributed by atoms with Crippen LogP contribution in [-0.4, -0.2) is 46.1 Å². The molecule has 2 heterocycles. The van der Waals surface area contributed by atoms with Gasteiger partial charge >= 0.3 is 6.03 Å². The van der Waals surface area contributed by atoms with E-state index in [1.807, 2.05) is 0 Å². The highest BCUT2D eigenvalue weighted by Crippen LogP contribution is 2.41. The molecule has 192 valence electrons. The number of anilines is 2. The van der Waals surface area contributed by atoms with Crippen molar-refractivity contribution in [2.75, 3.05) is 24.3 Å². The van der Waals surface area contributed by atoms with Crippen LogP contribution < -0.4 is 16.0 Å². The summed E-state index contributed by atoms with van der Waals surface area (Å²) in [6.07, 6.45) is 7.70. The zero-order valence-electron chi connectivity index (χ0n) is 20.8. The Morgan fingerprint density at radius 2 is 1.89 bits per heavy atom. The van der Waals surface area contributed by atoms with Gasteiger partial charge < -0.3 is 20.7 Å². The van der Waals surface area contributed by atoms with E-state index in [4.69, 9.17) is 4.74 Å². The molecule has 1 aromatic carbocycles. The molecule has 2 aromatic heterocycles. The molecule has 0 saturated heterocycles. The van der Waals surface area contributed by atoms with Crippen LogP contribution in [0.1, 0.15) is 37.7 Å². The van der Waals surface area contributed by atoms with Crippen molar-refractivity contribution < 1.29 is 18.7 Å². The van der Waals surface area contributed by atoms with Gasteiger partial charge in [0.2, 0.25) is 5.91 Å². The van der Waals surface area contributed by atoms with Crippen LogP contribution in [0, 0.1) is 18.7 Å². The standard InChI is InChI=1S/C27H29FN6O3/c1-16-13-20(28)22(33-26(36)31-12-9-27(37-2)7-8-27)15-19(16)21-6-11-30-24(32-21)18-5-10-29-23(14-18)34-25(35)17-3-4-17/h5-6,10-11,13-15,17H,3-4,7-9,12H2,1-2H3,(H,29,34,35)(H2,31,33,36). The fraction of sp³-hybridized carbons (Fsp3) is 0.370. The zero-order valence-corrected chi connectivity index (χ0v) is 20.8. The largest absolute Gasteiger partial charge is 0.378 e. The van der Waals surface area contributed by atoms with Crippen molar-refractivity contribution in [2.24, 2.45) is 5.92 Å². The lowest BCUT2D eigenvalue weighted by molar-refractivity contribution is -0.117. The van der Waals surface area contributed by atoms with Crippen molar-refractivity contribution in [2.45, 2.75) is 44.6 Å². The second-order valence-electron chi connectivity index (χ2n) is 9.62. The molecule has 2 aliphatic rings. The molecule has 0 radical (unpaired) electrons. The predicted octanol–water partition coefficient (Wildman–Crippen LogP) is 4.69. The number of ether oxygens (including phenoxy) is 1. The van der Waals surface area contributed by atoms with E-state index in [1.165, 1.54) is 6.07 Å².